The van der Waals surface area contributed by atoms with Crippen LogP contribution in [0, 0.1) is 0 Å². The number of aromatic nitrogens is 2. The van der Waals surface area contributed by atoms with Crippen LogP contribution in [-0.4, -0.2) is 22.4 Å². The van der Waals surface area contributed by atoms with Crippen molar-refractivity contribution < 1.29 is 4.79 Å². The average molecular weight is 311 g/mol. The van der Waals surface area contributed by atoms with Crippen LogP contribution in [0.1, 0.15) is 27.2 Å². The van der Waals surface area contributed by atoms with Crippen molar-refractivity contribution in [1.82, 2.24) is 15.3 Å². The highest BCUT2D eigenvalue weighted by atomic mass is 32.1. The summed E-state index contributed by atoms with van der Waals surface area (Å²) in [5.74, 6) is -0.0640. The lowest BCUT2D eigenvalue weighted by atomic mass is 10.1. The molecule has 0 aliphatic heterocycles. The zero-order valence-electron chi connectivity index (χ0n) is 12.4. The minimum absolute atomic E-state index is 0.0640. The maximum atomic E-state index is 12.4. The number of nitrogens with zero attached hydrogens (tertiary/aromatic N) is 2. The molecule has 4 nitrogen and oxygen atoms in total. The van der Waals surface area contributed by atoms with Gasteiger partial charge in [-0.2, -0.15) is 0 Å². The fraction of sp³-hybridized carbons (Fsp3) is 0.235. The van der Waals surface area contributed by atoms with Gasteiger partial charge in [0.15, 0.2) is 0 Å². The standard InChI is InChI=1S/C17H17N3OS/c1-2-12-11-20-16(22-12)8-10-19-17(21)14-5-3-7-15-13(14)6-4-9-18-15/h3-7,9,11H,2,8,10H2,1H3,(H,19,21). The highest BCUT2D eigenvalue weighted by Crippen LogP contribution is 2.16. The first kappa shape index (κ1) is 14.7. The van der Waals surface area contributed by atoms with Crippen molar-refractivity contribution in [1.29, 1.82) is 0 Å². The van der Waals surface area contributed by atoms with Gasteiger partial charge in [-0.25, -0.2) is 4.98 Å². The topological polar surface area (TPSA) is 54.9 Å². The molecule has 5 heteroatoms. The molecule has 0 unspecified atom stereocenters. The maximum Gasteiger partial charge on any atom is 0.251 e. The van der Waals surface area contributed by atoms with Gasteiger partial charge in [0.05, 0.1) is 10.5 Å². The number of amides is 1. The fourth-order valence-corrected chi connectivity index (χ4v) is 3.17. The molecule has 0 fully saturated rings. The lowest BCUT2D eigenvalue weighted by Gasteiger charge is -2.07. The van der Waals surface area contributed by atoms with Crippen LogP contribution in [0.5, 0.6) is 0 Å². The first-order valence-electron chi connectivity index (χ1n) is 7.33. The molecule has 2 heterocycles. The third-order valence-electron chi connectivity index (χ3n) is 3.46. The number of hydrogen-bond donors (Lipinski definition) is 1. The van der Waals surface area contributed by atoms with Gasteiger partial charge in [0.1, 0.15) is 0 Å². The lowest BCUT2D eigenvalue weighted by molar-refractivity contribution is 0.0956. The van der Waals surface area contributed by atoms with E-state index in [0.29, 0.717) is 12.1 Å². The van der Waals surface area contributed by atoms with E-state index in [-0.39, 0.29) is 5.91 Å². The number of thiazole rings is 1. The Bertz CT molecular complexity index is 792. The Kier molecular flexibility index (Phi) is 4.44. The number of carbonyl (C=O) groups is 1. The van der Waals surface area contributed by atoms with Gasteiger partial charge < -0.3 is 5.32 Å². The summed E-state index contributed by atoms with van der Waals surface area (Å²) in [6.07, 6.45) is 5.42. The van der Waals surface area contributed by atoms with Crippen molar-refractivity contribution in [3.63, 3.8) is 0 Å². The number of hydrogen-bond acceptors (Lipinski definition) is 4. The van der Waals surface area contributed by atoms with Gasteiger partial charge in [-0.05, 0) is 24.6 Å². The normalized spacial score (nSPS) is 10.8. The molecule has 0 radical (unpaired) electrons. The minimum atomic E-state index is -0.0640. The summed E-state index contributed by atoms with van der Waals surface area (Å²) in [6.45, 7) is 2.71. The number of rotatable bonds is 5. The molecule has 3 rings (SSSR count). The van der Waals surface area contributed by atoms with Crippen molar-refractivity contribution in [2.45, 2.75) is 19.8 Å². The van der Waals surface area contributed by atoms with Crippen LogP contribution in [-0.2, 0) is 12.8 Å². The Morgan fingerprint density at radius 3 is 2.95 bits per heavy atom. The van der Waals surface area contributed by atoms with E-state index < -0.39 is 0 Å². The number of aryl methyl sites for hydroxylation is 1. The average Bonchev–Trinajstić information content (AvgIpc) is 3.02. The molecule has 0 bridgehead atoms. The molecule has 0 aliphatic carbocycles. The molecule has 1 amide bonds. The van der Waals surface area contributed by atoms with Crippen LogP contribution in [0.15, 0.2) is 42.7 Å². The van der Waals surface area contributed by atoms with Crippen LogP contribution in [0.4, 0.5) is 0 Å². The number of fused-ring (bicyclic) bond motifs is 1. The molecule has 22 heavy (non-hydrogen) atoms. The third kappa shape index (κ3) is 3.14. The van der Waals surface area contributed by atoms with E-state index in [1.165, 1.54) is 4.88 Å². The van der Waals surface area contributed by atoms with Crippen molar-refractivity contribution >= 4 is 28.1 Å². The largest absolute Gasteiger partial charge is 0.352 e. The quantitative estimate of drug-likeness (QED) is 0.787. The van der Waals surface area contributed by atoms with Crippen LogP contribution in [0.25, 0.3) is 10.9 Å². The second-order valence-corrected chi connectivity index (χ2v) is 6.16. The smallest absolute Gasteiger partial charge is 0.251 e. The lowest BCUT2D eigenvalue weighted by Crippen LogP contribution is -2.25. The molecular formula is C17H17N3OS. The number of nitrogens with one attached hydrogen (secondary N) is 1. The molecule has 0 atom stereocenters. The van der Waals surface area contributed by atoms with Crippen LogP contribution in [0.2, 0.25) is 0 Å². The zero-order chi connectivity index (χ0) is 15.4. The molecule has 0 saturated carbocycles. The molecule has 0 saturated heterocycles. The van der Waals surface area contributed by atoms with Crippen LogP contribution in [0.3, 0.4) is 0 Å². The Hall–Kier alpha value is -2.27. The number of pyridine rings is 1. The molecular weight excluding hydrogens is 294 g/mol. The summed E-state index contributed by atoms with van der Waals surface area (Å²) in [5, 5.41) is 4.91. The van der Waals surface area contributed by atoms with E-state index in [2.05, 4.69) is 22.2 Å². The number of carbonyl (C=O) groups excluding carboxylic acids is 1. The van der Waals surface area contributed by atoms with Gasteiger partial charge in [-0.1, -0.05) is 19.1 Å². The van der Waals surface area contributed by atoms with E-state index in [1.807, 2.05) is 36.5 Å². The highest BCUT2D eigenvalue weighted by Gasteiger charge is 2.10. The van der Waals surface area contributed by atoms with Crippen LogP contribution < -0.4 is 5.32 Å². The molecule has 3 aromatic rings. The van der Waals surface area contributed by atoms with Crippen molar-refractivity contribution in [2.24, 2.45) is 0 Å². The Morgan fingerprint density at radius 2 is 2.14 bits per heavy atom. The van der Waals surface area contributed by atoms with Crippen molar-refractivity contribution in [3.05, 3.63) is 58.2 Å². The summed E-state index contributed by atoms with van der Waals surface area (Å²) in [5.41, 5.74) is 1.50. The Balaban J connectivity index is 1.66. The third-order valence-corrected chi connectivity index (χ3v) is 4.67. The summed E-state index contributed by atoms with van der Waals surface area (Å²) in [6, 6.07) is 9.37. The summed E-state index contributed by atoms with van der Waals surface area (Å²) in [4.78, 5) is 22.3. The second kappa shape index (κ2) is 6.66. The van der Waals surface area contributed by atoms with Gasteiger partial charge in [0, 0.05) is 41.2 Å². The van der Waals surface area contributed by atoms with Gasteiger partial charge in [-0.3, -0.25) is 9.78 Å². The van der Waals surface area contributed by atoms with E-state index in [4.69, 9.17) is 0 Å². The van der Waals surface area contributed by atoms with Crippen LogP contribution >= 0.6 is 11.3 Å². The predicted molar refractivity (Wildman–Crippen MR) is 89.3 cm³/mol. The molecule has 1 aromatic carbocycles. The predicted octanol–water partition coefficient (Wildman–Crippen LogP) is 3.23. The second-order valence-electron chi connectivity index (χ2n) is 4.96. The summed E-state index contributed by atoms with van der Waals surface area (Å²) in [7, 11) is 0. The molecule has 112 valence electrons. The Labute approximate surface area is 133 Å². The zero-order valence-corrected chi connectivity index (χ0v) is 13.2. The van der Waals surface area contributed by atoms with Gasteiger partial charge in [0.25, 0.3) is 5.91 Å². The maximum absolute atomic E-state index is 12.4. The SMILES string of the molecule is CCc1cnc(CCNC(=O)c2cccc3ncccc23)s1. The van der Waals surface area contributed by atoms with Gasteiger partial charge in [-0.15, -0.1) is 11.3 Å². The first-order chi connectivity index (χ1) is 10.8. The van der Waals surface area contributed by atoms with Crippen molar-refractivity contribution in [3.8, 4) is 0 Å². The minimum Gasteiger partial charge on any atom is -0.352 e. The van der Waals surface area contributed by atoms with E-state index in [9.17, 15) is 4.79 Å². The van der Waals surface area contributed by atoms with Gasteiger partial charge >= 0.3 is 0 Å². The first-order valence-corrected chi connectivity index (χ1v) is 8.15. The van der Waals surface area contributed by atoms with Crippen molar-refractivity contribution in [2.75, 3.05) is 6.54 Å². The summed E-state index contributed by atoms with van der Waals surface area (Å²) < 4.78 is 0. The molecule has 0 spiro atoms. The van der Waals surface area contributed by atoms with Gasteiger partial charge in [0.2, 0.25) is 0 Å². The summed E-state index contributed by atoms with van der Waals surface area (Å²) >= 11 is 1.71. The molecule has 1 N–H and O–H groups in total. The highest BCUT2D eigenvalue weighted by molar-refractivity contribution is 7.11. The van der Waals surface area contributed by atoms with E-state index >= 15 is 0 Å². The van der Waals surface area contributed by atoms with E-state index in [0.717, 1.165) is 28.8 Å². The Morgan fingerprint density at radius 1 is 1.23 bits per heavy atom. The molecule has 0 aliphatic rings. The monoisotopic (exact) mass is 311 g/mol. The fourth-order valence-electron chi connectivity index (χ4n) is 2.31. The molecule has 2 aromatic heterocycles. The number of benzene rings is 1. The van der Waals surface area contributed by atoms with E-state index in [1.54, 1.807) is 17.5 Å².